The number of benzene rings is 1. The first-order valence-corrected chi connectivity index (χ1v) is 6.65. The van der Waals surface area contributed by atoms with E-state index in [1.165, 1.54) is 4.40 Å². The quantitative estimate of drug-likeness (QED) is 0.630. The Bertz CT molecular complexity index is 850. The molecule has 3 rings (SSSR count). The molecular weight excluding hydrogens is 319 g/mol. The van der Waals surface area contributed by atoms with Gasteiger partial charge < -0.3 is 0 Å². The van der Waals surface area contributed by atoms with Crippen molar-refractivity contribution in [3.8, 4) is 17.5 Å². The summed E-state index contributed by atoms with van der Waals surface area (Å²) in [4.78, 5) is 0. The van der Waals surface area contributed by atoms with Crippen LogP contribution >= 0.6 is 34.8 Å². The Morgan fingerprint density at radius 1 is 1.00 bits per heavy atom. The molecule has 0 aliphatic rings. The average Bonchev–Trinajstić information content (AvgIpc) is 2.92. The maximum Gasteiger partial charge on any atom is 0.182 e. The summed E-state index contributed by atoms with van der Waals surface area (Å²) in [6, 6.07) is 11.3. The molecule has 4 nitrogen and oxygen atoms in total. The summed E-state index contributed by atoms with van der Waals surface area (Å²) >= 11 is 18.4. The van der Waals surface area contributed by atoms with E-state index in [1.807, 2.05) is 36.4 Å². The first-order chi connectivity index (χ1) is 9.65. The average molecular weight is 324 g/mol. The lowest BCUT2D eigenvalue weighted by atomic mass is 10.2. The summed E-state index contributed by atoms with van der Waals surface area (Å²) in [6.07, 6.45) is 0. The third-order valence-electron chi connectivity index (χ3n) is 2.82. The molecule has 98 valence electrons. The Kier molecular flexibility index (Phi) is 3.27. The molecule has 0 amide bonds. The number of nitrogens with zero attached hydrogens (tertiary/aromatic N) is 4. The highest BCUT2D eigenvalue weighted by atomic mass is 35.5. The smallest absolute Gasteiger partial charge is 0.182 e. The van der Waals surface area contributed by atoms with Gasteiger partial charge in [-0.1, -0.05) is 65.1 Å². The SMILES string of the molecule is N#Cc1c(Cl)c(Cl)c2nnc(-c3ccccc3)n2c1Cl. The van der Waals surface area contributed by atoms with Crippen LogP contribution in [-0.4, -0.2) is 14.6 Å². The highest BCUT2D eigenvalue weighted by molar-refractivity contribution is 6.46. The van der Waals surface area contributed by atoms with Crippen LogP contribution in [0.3, 0.4) is 0 Å². The van der Waals surface area contributed by atoms with E-state index in [4.69, 9.17) is 40.1 Å². The Hall–Kier alpha value is -1.80. The minimum absolute atomic E-state index is 0.0821. The molecule has 1 aromatic carbocycles. The second kappa shape index (κ2) is 4.95. The predicted octanol–water partition coefficient (Wildman–Crippen LogP) is 4.23. The molecule has 0 radical (unpaired) electrons. The number of hydrogen-bond acceptors (Lipinski definition) is 3. The van der Waals surface area contributed by atoms with Crippen molar-refractivity contribution in [3.05, 3.63) is 51.1 Å². The topological polar surface area (TPSA) is 54.0 Å². The molecule has 0 saturated heterocycles. The van der Waals surface area contributed by atoms with Crippen molar-refractivity contribution in [2.75, 3.05) is 0 Å². The van der Waals surface area contributed by atoms with E-state index >= 15 is 0 Å². The normalized spacial score (nSPS) is 10.7. The highest BCUT2D eigenvalue weighted by Gasteiger charge is 2.21. The Morgan fingerprint density at radius 2 is 1.70 bits per heavy atom. The summed E-state index contributed by atoms with van der Waals surface area (Å²) in [5, 5.41) is 17.6. The molecule has 2 aromatic heterocycles. The van der Waals surface area contributed by atoms with Gasteiger partial charge in [0.05, 0.1) is 5.02 Å². The Labute approximate surface area is 129 Å². The second-order valence-electron chi connectivity index (χ2n) is 3.95. The van der Waals surface area contributed by atoms with Gasteiger partial charge in [-0.25, -0.2) is 0 Å². The van der Waals surface area contributed by atoms with Crippen LogP contribution in [0.4, 0.5) is 0 Å². The van der Waals surface area contributed by atoms with Crippen molar-refractivity contribution in [2.45, 2.75) is 0 Å². The summed E-state index contributed by atoms with van der Waals surface area (Å²) in [7, 11) is 0. The second-order valence-corrected chi connectivity index (χ2v) is 5.07. The van der Waals surface area contributed by atoms with Crippen LogP contribution in [0.2, 0.25) is 15.2 Å². The van der Waals surface area contributed by atoms with Crippen molar-refractivity contribution >= 4 is 40.4 Å². The summed E-state index contributed by atoms with van der Waals surface area (Å²) in [6.45, 7) is 0. The zero-order valence-corrected chi connectivity index (χ0v) is 12.1. The van der Waals surface area contributed by atoms with Crippen LogP contribution in [0.25, 0.3) is 17.0 Å². The fourth-order valence-corrected chi connectivity index (χ4v) is 2.67. The van der Waals surface area contributed by atoms with Gasteiger partial charge >= 0.3 is 0 Å². The molecule has 7 heteroatoms. The van der Waals surface area contributed by atoms with Gasteiger partial charge in [-0.2, -0.15) is 5.26 Å². The molecule has 0 N–H and O–H groups in total. The number of fused-ring (bicyclic) bond motifs is 1. The molecule has 0 bridgehead atoms. The first-order valence-electron chi connectivity index (χ1n) is 5.52. The van der Waals surface area contributed by atoms with E-state index in [1.54, 1.807) is 0 Å². The van der Waals surface area contributed by atoms with Gasteiger partial charge in [0.25, 0.3) is 0 Å². The van der Waals surface area contributed by atoms with E-state index in [0.29, 0.717) is 11.5 Å². The molecule has 3 aromatic rings. The van der Waals surface area contributed by atoms with Crippen molar-refractivity contribution < 1.29 is 0 Å². The van der Waals surface area contributed by atoms with E-state index in [0.717, 1.165) is 5.56 Å². The van der Waals surface area contributed by atoms with Crippen LogP contribution in [0.5, 0.6) is 0 Å². The fraction of sp³-hybridized carbons (Fsp3) is 0. The number of nitriles is 1. The summed E-state index contributed by atoms with van der Waals surface area (Å²) < 4.78 is 1.52. The van der Waals surface area contributed by atoms with E-state index in [9.17, 15) is 0 Å². The molecule has 0 atom stereocenters. The van der Waals surface area contributed by atoms with Crippen LogP contribution in [0.1, 0.15) is 5.56 Å². The maximum atomic E-state index is 9.15. The molecule has 0 aliphatic carbocycles. The van der Waals surface area contributed by atoms with Gasteiger partial charge in [-0.3, -0.25) is 4.40 Å². The number of aromatic nitrogens is 3. The molecule has 0 saturated carbocycles. The standard InChI is InChI=1S/C13H5Cl3N4/c14-9-8(6-17)11(16)20-12(7-4-2-1-3-5-7)18-19-13(20)10(9)15/h1-5H. The van der Waals surface area contributed by atoms with Gasteiger partial charge in [-0.15, -0.1) is 10.2 Å². The number of rotatable bonds is 1. The van der Waals surface area contributed by atoms with E-state index in [2.05, 4.69) is 10.2 Å². The van der Waals surface area contributed by atoms with Crippen molar-refractivity contribution in [1.82, 2.24) is 14.6 Å². The zero-order chi connectivity index (χ0) is 14.3. The largest absolute Gasteiger partial charge is 0.262 e. The van der Waals surface area contributed by atoms with Gasteiger partial charge in [0.1, 0.15) is 21.8 Å². The summed E-state index contributed by atoms with van der Waals surface area (Å²) in [5.74, 6) is 0.501. The van der Waals surface area contributed by atoms with Crippen molar-refractivity contribution in [3.63, 3.8) is 0 Å². The van der Waals surface area contributed by atoms with Gasteiger partial charge in [0.2, 0.25) is 0 Å². The van der Waals surface area contributed by atoms with Crippen LogP contribution in [-0.2, 0) is 0 Å². The third kappa shape index (κ3) is 1.83. The van der Waals surface area contributed by atoms with Gasteiger partial charge in [0, 0.05) is 5.56 Å². The molecule has 2 heterocycles. The molecule has 0 unspecified atom stereocenters. The number of pyridine rings is 1. The van der Waals surface area contributed by atoms with E-state index in [-0.39, 0.29) is 20.8 Å². The molecule has 20 heavy (non-hydrogen) atoms. The monoisotopic (exact) mass is 322 g/mol. The summed E-state index contributed by atoms with van der Waals surface area (Å²) in [5.41, 5.74) is 1.23. The minimum atomic E-state index is 0.0821. The zero-order valence-electron chi connectivity index (χ0n) is 9.81. The molecule has 0 spiro atoms. The maximum absolute atomic E-state index is 9.15. The molecule has 0 fully saturated rings. The molecule has 0 aliphatic heterocycles. The van der Waals surface area contributed by atoms with Crippen LogP contribution < -0.4 is 0 Å². The van der Waals surface area contributed by atoms with Crippen LogP contribution in [0.15, 0.2) is 30.3 Å². The third-order valence-corrected chi connectivity index (χ3v) is 4.01. The van der Waals surface area contributed by atoms with E-state index < -0.39 is 0 Å². The lowest BCUT2D eigenvalue weighted by Crippen LogP contribution is -1.96. The number of hydrogen-bond donors (Lipinski definition) is 0. The highest BCUT2D eigenvalue weighted by Crippen LogP contribution is 2.36. The van der Waals surface area contributed by atoms with Crippen LogP contribution in [0, 0.1) is 11.3 Å². The number of halogens is 3. The lowest BCUT2D eigenvalue weighted by molar-refractivity contribution is 1.11. The van der Waals surface area contributed by atoms with Crippen molar-refractivity contribution in [1.29, 1.82) is 5.26 Å². The fourth-order valence-electron chi connectivity index (χ4n) is 1.89. The van der Waals surface area contributed by atoms with Crippen molar-refractivity contribution in [2.24, 2.45) is 0 Å². The first kappa shape index (κ1) is 13.2. The lowest BCUT2D eigenvalue weighted by Gasteiger charge is -2.07. The minimum Gasteiger partial charge on any atom is -0.262 e. The Morgan fingerprint density at radius 3 is 2.35 bits per heavy atom. The molecular formula is C13H5Cl3N4. The predicted molar refractivity (Wildman–Crippen MR) is 78.2 cm³/mol. The van der Waals surface area contributed by atoms with Gasteiger partial charge in [-0.05, 0) is 0 Å². The van der Waals surface area contributed by atoms with Gasteiger partial charge in [0.15, 0.2) is 11.5 Å². The Balaban J connectivity index is 2.44.